The van der Waals surface area contributed by atoms with Gasteiger partial charge in [0.15, 0.2) is 5.78 Å². The number of carbonyl (C=O) groups excluding carboxylic acids is 1. The summed E-state index contributed by atoms with van der Waals surface area (Å²) in [4.78, 5) is 39.8. The monoisotopic (exact) mass is 281 g/mol. The van der Waals surface area contributed by atoms with Gasteiger partial charge in [-0.05, 0) is 34.6 Å². The van der Waals surface area contributed by atoms with Gasteiger partial charge in [-0.2, -0.15) is 0 Å². The summed E-state index contributed by atoms with van der Waals surface area (Å²) in [7, 11) is 0. The number of hydrogen-bond donors (Lipinski definition) is 1. The van der Waals surface area contributed by atoms with E-state index < -0.39 is 11.2 Å². The Morgan fingerprint density at radius 1 is 1.25 bits per heavy atom. The van der Waals surface area contributed by atoms with Gasteiger partial charge in [0.1, 0.15) is 0 Å². The molecule has 1 aromatic heterocycles. The van der Waals surface area contributed by atoms with Crippen molar-refractivity contribution in [3.05, 3.63) is 32.6 Å². The van der Waals surface area contributed by atoms with Crippen molar-refractivity contribution in [1.82, 2.24) is 14.5 Å². The number of carbonyl (C=O) groups is 1. The van der Waals surface area contributed by atoms with E-state index in [9.17, 15) is 14.4 Å². The maximum absolute atomic E-state index is 12.1. The normalized spacial score (nSPS) is 11.6. The lowest BCUT2D eigenvalue weighted by molar-refractivity contribution is 0.101. The zero-order chi connectivity index (χ0) is 15.4. The summed E-state index contributed by atoms with van der Waals surface area (Å²) in [5.74, 6) is -0.343. The number of rotatable bonds is 6. The Balaban J connectivity index is 3.04. The molecule has 0 aliphatic carbocycles. The van der Waals surface area contributed by atoms with Crippen LogP contribution in [0, 0.1) is 0 Å². The molecule has 1 N–H and O–H groups in total. The van der Waals surface area contributed by atoms with E-state index in [-0.39, 0.29) is 17.9 Å². The first-order chi connectivity index (χ1) is 9.25. The molecule has 0 saturated carbocycles. The van der Waals surface area contributed by atoms with E-state index in [1.807, 2.05) is 0 Å². The first-order valence-electron chi connectivity index (χ1n) is 6.85. The van der Waals surface area contributed by atoms with E-state index in [0.717, 1.165) is 4.57 Å². The van der Waals surface area contributed by atoms with Crippen molar-refractivity contribution >= 4 is 5.78 Å². The lowest BCUT2D eigenvalue weighted by atomic mass is 10.2. The first kappa shape index (κ1) is 16.4. The van der Waals surface area contributed by atoms with E-state index in [2.05, 4.69) is 37.6 Å². The van der Waals surface area contributed by atoms with Crippen LogP contribution in [0.4, 0.5) is 0 Å². The van der Waals surface area contributed by atoms with Gasteiger partial charge < -0.3 is 4.98 Å². The Morgan fingerprint density at radius 3 is 2.25 bits per heavy atom. The first-order valence-corrected chi connectivity index (χ1v) is 6.85. The molecule has 0 spiro atoms. The molecule has 0 aliphatic heterocycles. The molecule has 1 rings (SSSR count). The van der Waals surface area contributed by atoms with Crippen LogP contribution < -0.4 is 11.2 Å². The van der Waals surface area contributed by atoms with Crippen molar-refractivity contribution in [2.45, 2.75) is 53.2 Å². The molecule has 0 radical (unpaired) electrons. The van der Waals surface area contributed by atoms with E-state index in [0.29, 0.717) is 18.6 Å². The van der Waals surface area contributed by atoms with Crippen LogP contribution in [0.15, 0.2) is 15.8 Å². The van der Waals surface area contributed by atoms with Crippen LogP contribution in [0.25, 0.3) is 0 Å². The summed E-state index contributed by atoms with van der Waals surface area (Å²) in [6, 6.07) is 0.640. The van der Waals surface area contributed by atoms with Crippen LogP contribution in [-0.2, 0) is 6.54 Å². The fourth-order valence-electron chi connectivity index (χ4n) is 2.29. The van der Waals surface area contributed by atoms with Crippen LogP contribution in [-0.4, -0.2) is 38.9 Å². The molecule has 1 heterocycles. The maximum Gasteiger partial charge on any atom is 0.328 e. The van der Waals surface area contributed by atoms with Gasteiger partial charge in [-0.3, -0.25) is 19.1 Å². The number of ketones is 1. The smallest absolute Gasteiger partial charge is 0.313 e. The zero-order valence-corrected chi connectivity index (χ0v) is 12.8. The fourth-order valence-corrected chi connectivity index (χ4v) is 2.29. The van der Waals surface area contributed by atoms with Crippen LogP contribution in [0.2, 0.25) is 0 Å². The van der Waals surface area contributed by atoms with Gasteiger partial charge in [-0.15, -0.1) is 0 Å². The second kappa shape index (κ2) is 6.65. The summed E-state index contributed by atoms with van der Waals surface area (Å²) in [6.07, 6.45) is 1.19. The molecule has 0 atom stereocenters. The SMILES string of the molecule is CC(=O)c1c[nH]c(=O)n(CCN(C(C)C)C(C)C)c1=O. The standard InChI is InChI=1S/C14H23N3O3/c1-9(2)16(10(3)4)6-7-17-13(19)12(11(5)18)8-15-14(17)20/h8-10H,6-7H2,1-5H3,(H,15,20). The van der Waals surface area contributed by atoms with Gasteiger partial charge in [0.05, 0.1) is 5.56 Å². The molecule has 0 aromatic carbocycles. The molecule has 0 aliphatic rings. The fraction of sp³-hybridized carbons (Fsp3) is 0.643. The molecular weight excluding hydrogens is 258 g/mol. The summed E-state index contributed by atoms with van der Waals surface area (Å²) < 4.78 is 1.09. The number of Topliss-reactive ketones (excluding diaryl/α,β-unsaturated/α-hetero) is 1. The molecule has 0 saturated heterocycles. The Labute approximate surface area is 118 Å². The number of nitrogens with zero attached hydrogens (tertiary/aromatic N) is 2. The van der Waals surface area contributed by atoms with Crippen molar-refractivity contribution in [2.24, 2.45) is 0 Å². The molecule has 0 unspecified atom stereocenters. The predicted octanol–water partition coefficient (Wildman–Crippen LogP) is 0.858. The third-order valence-electron chi connectivity index (χ3n) is 3.35. The lowest BCUT2D eigenvalue weighted by Gasteiger charge is -2.30. The van der Waals surface area contributed by atoms with E-state index in [1.165, 1.54) is 13.1 Å². The second-order valence-corrected chi connectivity index (χ2v) is 5.45. The minimum absolute atomic E-state index is 0.0187. The minimum atomic E-state index is -0.520. The van der Waals surface area contributed by atoms with Gasteiger partial charge >= 0.3 is 5.69 Å². The topological polar surface area (TPSA) is 75.2 Å². The van der Waals surface area contributed by atoms with Gasteiger partial charge in [0.2, 0.25) is 0 Å². The van der Waals surface area contributed by atoms with Crippen molar-refractivity contribution < 1.29 is 4.79 Å². The highest BCUT2D eigenvalue weighted by atomic mass is 16.2. The Morgan fingerprint density at radius 2 is 1.80 bits per heavy atom. The van der Waals surface area contributed by atoms with Crippen LogP contribution in [0.3, 0.4) is 0 Å². The van der Waals surface area contributed by atoms with Gasteiger partial charge in [0.25, 0.3) is 5.56 Å². The summed E-state index contributed by atoms with van der Waals surface area (Å²) in [6.45, 7) is 10.4. The highest BCUT2D eigenvalue weighted by Crippen LogP contribution is 2.04. The summed E-state index contributed by atoms with van der Waals surface area (Å²) >= 11 is 0. The van der Waals surface area contributed by atoms with E-state index in [1.54, 1.807) is 0 Å². The predicted molar refractivity (Wildman–Crippen MR) is 78.3 cm³/mol. The number of nitrogens with one attached hydrogen (secondary N) is 1. The number of hydrogen-bond acceptors (Lipinski definition) is 4. The van der Waals surface area contributed by atoms with Gasteiger partial charge in [-0.1, -0.05) is 0 Å². The zero-order valence-electron chi connectivity index (χ0n) is 12.8. The largest absolute Gasteiger partial charge is 0.328 e. The van der Waals surface area contributed by atoms with Gasteiger partial charge in [-0.25, -0.2) is 4.79 Å². The molecule has 1 aromatic rings. The molecule has 20 heavy (non-hydrogen) atoms. The van der Waals surface area contributed by atoms with Crippen LogP contribution >= 0.6 is 0 Å². The molecule has 0 amide bonds. The van der Waals surface area contributed by atoms with Gasteiger partial charge in [0, 0.05) is 31.4 Å². The summed E-state index contributed by atoms with van der Waals surface area (Å²) in [5, 5.41) is 0. The van der Waals surface area contributed by atoms with Crippen molar-refractivity contribution in [1.29, 1.82) is 0 Å². The van der Waals surface area contributed by atoms with Crippen molar-refractivity contribution in [3.63, 3.8) is 0 Å². The Bertz CT molecular complexity index is 576. The number of aromatic amines is 1. The summed E-state index contributed by atoms with van der Waals surface area (Å²) in [5.41, 5.74) is -0.980. The average Bonchev–Trinajstić information content (AvgIpc) is 2.31. The minimum Gasteiger partial charge on any atom is -0.313 e. The molecular formula is C14H23N3O3. The molecule has 0 bridgehead atoms. The Kier molecular flexibility index (Phi) is 5.44. The molecule has 112 valence electrons. The van der Waals surface area contributed by atoms with Crippen molar-refractivity contribution in [2.75, 3.05) is 6.54 Å². The number of H-pyrrole nitrogens is 1. The molecule has 6 heteroatoms. The quantitative estimate of drug-likeness (QED) is 0.785. The number of aromatic nitrogens is 2. The third kappa shape index (κ3) is 3.66. The highest BCUT2D eigenvalue weighted by Gasteiger charge is 2.15. The third-order valence-corrected chi connectivity index (χ3v) is 3.35. The lowest BCUT2D eigenvalue weighted by Crippen LogP contribution is -2.44. The molecule has 0 fully saturated rings. The Hall–Kier alpha value is -1.69. The maximum atomic E-state index is 12.1. The second-order valence-electron chi connectivity index (χ2n) is 5.45. The van der Waals surface area contributed by atoms with E-state index >= 15 is 0 Å². The van der Waals surface area contributed by atoms with Crippen LogP contribution in [0.5, 0.6) is 0 Å². The van der Waals surface area contributed by atoms with Crippen molar-refractivity contribution in [3.8, 4) is 0 Å². The highest BCUT2D eigenvalue weighted by molar-refractivity contribution is 5.93. The molecule has 6 nitrogen and oxygen atoms in total. The van der Waals surface area contributed by atoms with Crippen LogP contribution in [0.1, 0.15) is 45.0 Å². The average molecular weight is 281 g/mol. The van der Waals surface area contributed by atoms with E-state index in [4.69, 9.17) is 0 Å².